The van der Waals surface area contributed by atoms with Crippen LogP contribution in [0.1, 0.15) is 34.2 Å². The van der Waals surface area contributed by atoms with E-state index in [1.807, 2.05) is 43.5 Å². The number of carbonyl (C=O) groups excluding carboxylic acids is 2. The fourth-order valence-electron chi connectivity index (χ4n) is 3.22. The molecule has 2 aromatic carbocycles. The Hall–Kier alpha value is -3.33. The van der Waals surface area contributed by atoms with Crippen molar-refractivity contribution in [3.63, 3.8) is 0 Å². The first kappa shape index (κ1) is 23.3. The quantitative estimate of drug-likeness (QED) is 0.481. The van der Waals surface area contributed by atoms with Gasteiger partial charge in [-0.05, 0) is 50.1 Å². The smallest absolute Gasteiger partial charge is 0.251 e. The van der Waals surface area contributed by atoms with Gasteiger partial charge in [0.15, 0.2) is 11.0 Å². The average molecular weight is 454 g/mol. The highest BCUT2D eigenvalue weighted by Crippen LogP contribution is 2.21. The van der Waals surface area contributed by atoms with Crippen LogP contribution in [0.5, 0.6) is 5.75 Å². The molecule has 0 saturated heterocycles. The van der Waals surface area contributed by atoms with E-state index in [1.165, 1.54) is 11.8 Å². The van der Waals surface area contributed by atoms with Crippen LogP contribution in [0.2, 0.25) is 0 Å². The van der Waals surface area contributed by atoms with Crippen molar-refractivity contribution in [1.29, 1.82) is 0 Å². The lowest BCUT2D eigenvalue weighted by molar-refractivity contribution is -0.113. The molecule has 0 fully saturated rings. The second-order valence-corrected chi connectivity index (χ2v) is 8.10. The van der Waals surface area contributed by atoms with E-state index in [0.29, 0.717) is 28.8 Å². The molecular weight excluding hydrogens is 426 g/mol. The standard InChI is InChI=1S/C23H27N5O3S/c1-5-28-19(13-24-22(30)17-10-7-11-18(12-17)31-4)26-27-23(28)32-14-20(29)25-21-15(2)8-6-9-16(21)3/h6-12H,5,13-14H2,1-4H3,(H,24,30)(H,25,29). The number of thioether (sulfide) groups is 1. The lowest BCUT2D eigenvalue weighted by Crippen LogP contribution is -2.24. The first-order valence-corrected chi connectivity index (χ1v) is 11.2. The van der Waals surface area contributed by atoms with E-state index >= 15 is 0 Å². The summed E-state index contributed by atoms with van der Waals surface area (Å²) in [6, 6.07) is 12.8. The van der Waals surface area contributed by atoms with Gasteiger partial charge in [0.25, 0.3) is 5.91 Å². The number of nitrogens with zero attached hydrogens (tertiary/aromatic N) is 3. The van der Waals surface area contributed by atoms with Crippen LogP contribution in [-0.4, -0.2) is 39.4 Å². The van der Waals surface area contributed by atoms with Gasteiger partial charge in [0, 0.05) is 17.8 Å². The normalized spacial score (nSPS) is 10.6. The van der Waals surface area contributed by atoms with E-state index < -0.39 is 0 Å². The third-order valence-electron chi connectivity index (χ3n) is 4.93. The monoisotopic (exact) mass is 453 g/mol. The molecule has 0 radical (unpaired) electrons. The fraction of sp³-hybridized carbons (Fsp3) is 0.304. The number of benzene rings is 2. The first-order chi connectivity index (χ1) is 15.4. The summed E-state index contributed by atoms with van der Waals surface area (Å²) in [5.74, 6) is 1.12. The van der Waals surface area contributed by atoms with E-state index in [0.717, 1.165) is 16.8 Å². The number of aryl methyl sites for hydroxylation is 2. The van der Waals surface area contributed by atoms with Crippen molar-refractivity contribution >= 4 is 29.3 Å². The predicted octanol–water partition coefficient (Wildman–Crippen LogP) is 3.58. The maximum Gasteiger partial charge on any atom is 0.251 e. The molecule has 0 aliphatic carbocycles. The Morgan fingerprint density at radius 2 is 1.81 bits per heavy atom. The molecule has 3 aromatic rings. The summed E-state index contributed by atoms with van der Waals surface area (Å²) in [6.07, 6.45) is 0. The molecule has 0 aliphatic heterocycles. The van der Waals surface area contributed by atoms with E-state index in [9.17, 15) is 9.59 Å². The summed E-state index contributed by atoms with van der Waals surface area (Å²) < 4.78 is 7.05. The number of nitrogens with one attached hydrogen (secondary N) is 2. The van der Waals surface area contributed by atoms with Crippen molar-refractivity contribution in [3.8, 4) is 5.75 Å². The van der Waals surface area contributed by atoms with Crippen molar-refractivity contribution in [1.82, 2.24) is 20.1 Å². The molecule has 0 saturated carbocycles. The topological polar surface area (TPSA) is 98.1 Å². The maximum atomic E-state index is 12.5. The van der Waals surface area contributed by atoms with Crippen LogP contribution in [0.15, 0.2) is 47.6 Å². The summed E-state index contributed by atoms with van der Waals surface area (Å²) in [5.41, 5.74) is 3.39. The number of para-hydroxylation sites is 1. The Bertz CT molecular complexity index is 1090. The van der Waals surface area contributed by atoms with Crippen LogP contribution < -0.4 is 15.4 Å². The number of hydrogen-bond donors (Lipinski definition) is 2. The molecular formula is C23H27N5O3S. The van der Waals surface area contributed by atoms with Gasteiger partial charge in [-0.25, -0.2) is 0 Å². The van der Waals surface area contributed by atoms with Crippen molar-refractivity contribution in [2.24, 2.45) is 0 Å². The molecule has 0 aliphatic rings. The number of amides is 2. The van der Waals surface area contributed by atoms with Crippen molar-refractivity contribution in [3.05, 3.63) is 65.0 Å². The number of aromatic nitrogens is 3. The van der Waals surface area contributed by atoms with Gasteiger partial charge in [-0.1, -0.05) is 36.0 Å². The molecule has 0 unspecified atom stereocenters. The van der Waals surface area contributed by atoms with Gasteiger partial charge in [-0.2, -0.15) is 0 Å². The van der Waals surface area contributed by atoms with Crippen LogP contribution >= 0.6 is 11.8 Å². The molecule has 0 spiro atoms. The molecule has 3 rings (SSSR count). The van der Waals surface area contributed by atoms with E-state index in [4.69, 9.17) is 4.74 Å². The predicted molar refractivity (Wildman–Crippen MR) is 125 cm³/mol. The minimum Gasteiger partial charge on any atom is -0.497 e. The fourth-order valence-corrected chi connectivity index (χ4v) is 4.04. The van der Waals surface area contributed by atoms with Crippen molar-refractivity contribution in [2.45, 2.75) is 39.0 Å². The highest BCUT2D eigenvalue weighted by Gasteiger charge is 2.15. The largest absolute Gasteiger partial charge is 0.497 e. The molecule has 168 valence electrons. The van der Waals surface area contributed by atoms with Gasteiger partial charge in [0.2, 0.25) is 5.91 Å². The van der Waals surface area contributed by atoms with E-state index in [2.05, 4.69) is 20.8 Å². The maximum absolute atomic E-state index is 12.5. The van der Waals surface area contributed by atoms with Gasteiger partial charge in [-0.15, -0.1) is 10.2 Å². The third-order valence-corrected chi connectivity index (χ3v) is 5.89. The lowest BCUT2D eigenvalue weighted by Gasteiger charge is -2.11. The van der Waals surface area contributed by atoms with Crippen LogP contribution in [0, 0.1) is 13.8 Å². The molecule has 0 bridgehead atoms. The highest BCUT2D eigenvalue weighted by atomic mass is 32.2. The average Bonchev–Trinajstić information content (AvgIpc) is 3.20. The molecule has 2 amide bonds. The second kappa shape index (κ2) is 10.8. The number of carbonyl (C=O) groups is 2. The van der Waals surface area contributed by atoms with Crippen LogP contribution in [-0.2, 0) is 17.9 Å². The minimum absolute atomic E-state index is 0.106. The number of rotatable bonds is 9. The number of ether oxygens (including phenoxy) is 1. The molecule has 8 nitrogen and oxygen atoms in total. The number of hydrogen-bond acceptors (Lipinski definition) is 6. The Balaban J connectivity index is 1.59. The minimum atomic E-state index is -0.225. The van der Waals surface area contributed by atoms with Crippen molar-refractivity contribution in [2.75, 3.05) is 18.2 Å². The van der Waals surface area contributed by atoms with Crippen LogP contribution in [0.3, 0.4) is 0 Å². The highest BCUT2D eigenvalue weighted by molar-refractivity contribution is 7.99. The van der Waals surface area contributed by atoms with Gasteiger partial charge in [-0.3, -0.25) is 9.59 Å². The van der Waals surface area contributed by atoms with Crippen molar-refractivity contribution < 1.29 is 14.3 Å². The van der Waals surface area contributed by atoms with E-state index in [-0.39, 0.29) is 24.1 Å². The summed E-state index contributed by atoms with van der Waals surface area (Å²) in [7, 11) is 1.56. The number of methoxy groups -OCH3 is 1. The summed E-state index contributed by atoms with van der Waals surface area (Å²) in [4.78, 5) is 24.9. The summed E-state index contributed by atoms with van der Waals surface area (Å²) in [5, 5.41) is 14.9. The molecule has 1 heterocycles. The van der Waals surface area contributed by atoms with Gasteiger partial charge < -0.3 is 19.9 Å². The van der Waals surface area contributed by atoms with Gasteiger partial charge >= 0.3 is 0 Å². The Morgan fingerprint density at radius 1 is 1.09 bits per heavy atom. The zero-order valence-electron chi connectivity index (χ0n) is 18.6. The molecule has 32 heavy (non-hydrogen) atoms. The summed E-state index contributed by atoms with van der Waals surface area (Å²) >= 11 is 1.32. The van der Waals surface area contributed by atoms with Gasteiger partial charge in [0.05, 0.1) is 19.4 Å². The summed E-state index contributed by atoms with van der Waals surface area (Å²) in [6.45, 7) is 6.76. The lowest BCUT2D eigenvalue weighted by atomic mass is 10.1. The van der Waals surface area contributed by atoms with Crippen LogP contribution in [0.25, 0.3) is 0 Å². The Morgan fingerprint density at radius 3 is 2.50 bits per heavy atom. The zero-order chi connectivity index (χ0) is 23.1. The molecule has 9 heteroatoms. The second-order valence-electron chi connectivity index (χ2n) is 7.16. The Kier molecular flexibility index (Phi) is 7.88. The molecule has 0 atom stereocenters. The van der Waals surface area contributed by atoms with Gasteiger partial charge in [0.1, 0.15) is 5.75 Å². The molecule has 1 aromatic heterocycles. The van der Waals surface area contributed by atoms with E-state index in [1.54, 1.807) is 31.4 Å². The first-order valence-electron chi connectivity index (χ1n) is 10.3. The number of anilines is 1. The third kappa shape index (κ3) is 5.67. The zero-order valence-corrected chi connectivity index (χ0v) is 19.5. The Labute approximate surface area is 191 Å². The SMILES string of the molecule is CCn1c(CNC(=O)c2cccc(OC)c2)nnc1SCC(=O)Nc1c(C)cccc1C. The van der Waals surface area contributed by atoms with Crippen LogP contribution in [0.4, 0.5) is 5.69 Å². The molecule has 2 N–H and O–H groups in total.